The summed E-state index contributed by atoms with van der Waals surface area (Å²) in [6.45, 7) is 6.43. The number of aryl methyl sites for hydroxylation is 2. The zero-order chi connectivity index (χ0) is 21.5. The Kier molecular flexibility index (Phi) is 9.51. The van der Waals surface area contributed by atoms with Gasteiger partial charge in [0.15, 0.2) is 5.96 Å². The molecule has 6 nitrogen and oxygen atoms in total. The summed E-state index contributed by atoms with van der Waals surface area (Å²) in [6.07, 6.45) is 0. The molecule has 0 aliphatic heterocycles. The lowest BCUT2D eigenvalue weighted by Gasteiger charge is -2.15. The molecule has 0 unspecified atom stereocenters. The maximum Gasteiger partial charge on any atom is 0.191 e. The van der Waals surface area contributed by atoms with Crippen molar-refractivity contribution < 1.29 is 0 Å². The van der Waals surface area contributed by atoms with Gasteiger partial charge in [-0.3, -0.25) is 4.99 Å². The Labute approximate surface area is 202 Å². The van der Waals surface area contributed by atoms with Gasteiger partial charge in [0.2, 0.25) is 0 Å². The van der Waals surface area contributed by atoms with Gasteiger partial charge in [0.25, 0.3) is 0 Å². The van der Waals surface area contributed by atoms with E-state index < -0.39 is 0 Å². The number of para-hydroxylation sites is 1. The number of halogens is 1. The Morgan fingerprint density at radius 3 is 2.23 bits per heavy atom. The molecular formula is C24H33IN6. The molecule has 0 saturated carbocycles. The normalized spacial score (nSPS) is 11.4. The van der Waals surface area contributed by atoms with E-state index in [0.29, 0.717) is 6.54 Å². The highest BCUT2D eigenvalue weighted by Crippen LogP contribution is 2.17. The van der Waals surface area contributed by atoms with Gasteiger partial charge in [-0.25, -0.2) is 4.68 Å². The number of hydrogen-bond acceptors (Lipinski definition) is 3. The summed E-state index contributed by atoms with van der Waals surface area (Å²) in [5.41, 5.74) is 6.93. The Balaban J connectivity index is 0.00000341. The molecule has 0 spiro atoms. The second-order valence-electron chi connectivity index (χ2n) is 7.80. The van der Waals surface area contributed by atoms with Crippen molar-refractivity contribution in [3.05, 3.63) is 82.7 Å². The average Bonchev–Trinajstić information content (AvgIpc) is 3.07. The molecule has 3 aromatic rings. The van der Waals surface area contributed by atoms with Gasteiger partial charge in [-0.15, -0.1) is 24.0 Å². The minimum atomic E-state index is 0. The van der Waals surface area contributed by atoms with Crippen LogP contribution in [0.5, 0.6) is 0 Å². The first kappa shape index (κ1) is 24.9. The maximum absolute atomic E-state index is 4.63. The number of aromatic nitrogens is 2. The van der Waals surface area contributed by atoms with E-state index in [1.54, 1.807) is 7.05 Å². The molecule has 166 valence electrons. The van der Waals surface area contributed by atoms with Crippen molar-refractivity contribution in [3.8, 4) is 5.69 Å². The van der Waals surface area contributed by atoms with Crippen LogP contribution in [0.15, 0.2) is 59.6 Å². The van der Waals surface area contributed by atoms with E-state index in [4.69, 9.17) is 0 Å². The molecule has 0 fully saturated rings. The molecule has 0 amide bonds. The quantitative estimate of drug-likeness (QED) is 0.274. The Bertz CT molecular complexity index is 992. The second kappa shape index (κ2) is 11.9. The SMILES string of the molecule is CN=C(NCc1ccc(CN(C)C)cc1)NCc1ccccc1-n1nc(C)cc1C.I. The highest BCUT2D eigenvalue weighted by molar-refractivity contribution is 14.0. The fourth-order valence-corrected chi connectivity index (χ4v) is 3.45. The van der Waals surface area contributed by atoms with Crippen molar-refractivity contribution >= 4 is 29.9 Å². The van der Waals surface area contributed by atoms with Gasteiger partial charge in [0, 0.05) is 32.4 Å². The van der Waals surface area contributed by atoms with Crippen molar-refractivity contribution in [2.75, 3.05) is 21.1 Å². The molecule has 0 aliphatic carbocycles. The first-order valence-electron chi connectivity index (χ1n) is 10.2. The lowest BCUT2D eigenvalue weighted by molar-refractivity contribution is 0.402. The van der Waals surface area contributed by atoms with E-state index in [9.17, 15) is 0 Å². The highest BCUT2D eigenvalue weighted by atomic mass is 127. The Hall–Kier alpha value is -2.39. The molecule has 0 saturated heterocycles. The van der Waals surface area contributed by atoms with Gasteiger partial charge in [-0.1, -0.05) is 42.5 Å². The van der Waals surface area contributed by atoms with Gasteiger partial charge < -0.3 is 15.5 Å². The van der Waals surface area contributed by atoms with Crippen molar-refractivity contribution in [1.82, 2.24) is 25.3 Å². The number of aliphatic imine (C=N–C) groups is 1. The average molecular weight is 532 g/mol. The van der Waals surface area contributed by atoms with Crippen molar-refractivity contribution in [3.63, 3.8) is 0 Å². The van der Waals surface area contributed by atoms with Crippen LogP contribution in [0.4, 0.5) is 0 Å². The summed E-state index contributed by atoms with van der Waals surface area (Å²) in [6, 6.07) is 19.1. The van der Waals surface area contributed by atoms with Crippen LogP contribution in [0.3, 0.4) is 0 Å². The monoisotopic (exact) mass is 532 g/mol. The van der Waals surface area contributed by atoms with Crippen LogP contribution >= 0.6 is 24.0 Å². The number of nitrogens with zero attached hydrogens (tertiary/aromatic N) is 4. The molecule has 0 radical (unpaired) electrons. The molecule has 31 heavy (non-hydrogen) atoms. The predicted molar refractivity (Wildman–Crippen MR) is 139 cm³/mol. The van der Waals surface area contributed by atoms with Crippen LogP contribution in [-0.4, -0.2) is 41.8 Å². The van der Waals surface area contributed by atoms with Crippen LogP contribution in [0.1, 0.15) is 28.1 Å². The van der Waals surface area contributed by atoms with E-state index in [1.165, 1.54) is 16.7 Å². The van der Waals surface area contributed by atoms with Crippen LogP contribution in [0.2, 0.25) is 0 Å². The lowest BCUT2D eigenvalue weighted by Crippen LogP contribution is -2.36. The number of hydrogen-bond donors (Lipinski definition) is 2. The van der Waals surface area contributed by atoms with Crippen molar-refractivity contribution in [2.24, 2.45) is 4.99 Å². The third-order valence-corrected chi connectivity index (χ3v) is 4.88. The molecule has 0 atom stereocenters. The molecule has 0 aliphatic rings. The lowest BCUT2D eigenvalue weighted by atomic mass is 10.1. The molecule has 2 N–H and O–H groups in total. The first-order valence-corrected chi connectivity index (χ1v) is 10.2. The first-order chi connectivity index (χ1) is 14.5. The molecular weight excluding hydrogens is 499 g/mol. The number of guanidine groups is 1. The molecule has 1 aromatic heterocycles. The summed E-state index contributed by atoms with van der Waals surface area (Å²) in [5, 5.41) is 11.4. The van der Waals surface area contributed by atoms with Crippen molar-refractivity contribution in [1.29, 1.82) is 0 Å². The largest absolute Gasteiger partial charge is 0.352 e. The summed E-state index contributed by atoms with van der Waals surface area (Å²) in [4.78, 5) is 6.53. The van der Waals surface area contributed by atoms with Gasteiger partial charge in [-0.05, 0) is 56.8 Å². The van der Waals surface area contributed by atoms with Gasteiger partial charge in [0.1, 0.15) is 0 Å². The minimum Gasteiger partial charge on any atom is -0.352 e. The molecule has 0 bridgehead atoms. The van der Waals surface area contributed by atoms with E-state index in [0.717, 1.165) is 36.1 Å². The summed E-state index contributed by atoms with van der Waals surface area (Å²) >= 11 is 0. The maximum atomic E-state index is 4.63. The molecule has 7 heteroatoms. The van der Waals surface area contributed by atoms with E-state index in [1.807, 2.05) is 17.7 Å². The number of rotatable bonds is 7. The molecule has 2 aromatic carbocycles. The zero-order valence-electron chi connectivity index (χ0n) is 19.0. The van der Waals surface area contributed by atoms with E-state index in [2.05, 4.69) is 95.2 Å². The van der Waals surface area contributed by atoms with E-state index in [-0.39, 0.29) is 24.0 Å². The third-order valence-electron chi connectivity index (χ3n) is 4.88. The smallest absolute Gasteiger partial charge is 0.191 e. The van der Waals surface area contributed by atoms with Crippen LogP contribution < -0.4 is 10.6 Å². The van der Waals surface area contributed by atoms with Crippen LogP contribution in [0, 0.1) is 13.8 Å². The highest BCUT2D eigenvalue weighted by Gasteiger charge is 2.09. The fraction of sp³-hybridized carbons (Fsp3) is 0.333. The summed E-state index contributed by atoms with van der Waals surface area (Å²) in [7, 11) is 5.96. The minimum absolute atomic E-state index is 0. The number of nitrogens with one attached hydrogen (secondary N) is 2. The Morgan fingerprint density at radius 2 is 1.61 bits per heavy atom. The van der Waals surface area contributed by atoms with Gasteiger partial charge in [0.05, 0.1) is 11.4 Å². The third kappa shape index (κ3) is 7.07. The Morgan fingerprint density at radius 1 is 0.968 bits per heavy atom. The van der Waals surface area contributed by atoms with Gasteiger partial charge in [-0.2, -0.15) is 5.10 Å². The summed E-state index contributed by atoms with van der Waals surface area (Å²) < 4.78 is 2.00. The van der Waals surface area contributed by atoms with Gasteiger partial charge >= 0.3 is 0 Å². The molecule has 3 rings (SSSR count). The van der Waals surface area contributed by atoms with Crippen molar-refractivity contribution in [2.45, 2.75) is 33.5 Å². The van der Waals surface area contributed by atoms with E-state index >= 15 is 0 Å². The number of benzene rings is 2. The van der Waals surface area contributed by atoms with Crippen LogP contribution in [-0.2, 0) is 19.6 Å². The second-order valence-corrected chi connectivity index (χ2v) is 7.80. The topological polar surface area (TPSA) is 57.5 Å². The predicted octanol–water partition coefficient (Wildman–Crippen LogP) is 4.03. The standard InChI is InChI=1S/C24H32N6.HI/c1-18-14-19(2)30(28-18)23-9-7-6-8-22(23)16-27-24(25-3)26-15-20-10-12-21(13-11-20)17-29(4)5;/h6-14H,15-17H2,1-5H3,(H2,25,26,27);1H. The van der Waals surface area contributed by atoms with Crippen LogP contribution in [0.25, 0.3) is 5.69 Å². The summed E-state index contributed by atoms with van der Waals surface area (Å²) in [5.74, 6) is 0.774. The fourth-order valence-electron chi connectivity index (χ4n) is 3.45. The zero-order valence-corrected chi connectivity index (χ0v) is 21.3. The molecule has 1 heterocycles.